The summed E-state index contributed by atoms with van der Waals surface area (Å²) in [5, 5.41) is 0. The maximum absolute atomic E-state index is 12.3. The van der Waals surface area contributed by atoms with Crippen LogP contribution in [0.5, 0.6) is 11.5 Å². The van der Waals surface area contributed by atoms with Gasteiger partial charge < -0.3 is 14.2 Å². The lowest BCUT2D eigenvalue weighted by molar-refractivity contribution is -0.129. The fraction of sp³-hybridized carbons (Fsp3) is 0.120. The Morgan fingerprint density at radius 3 is 2.62 bits per heavy atom. The molecule has 0 atom stereocenters. The van der Waals surface area contributed by atoms with Crippen LogP contribution in [-0.2, 0) is 16.1 Å². The Balaban J connectivity index is 1.61. The van der Waals surface area contributed by atoms with Crippen LogP contribution in [0.25, 0.3) is 6.08 Å². The van der Waals surface area contributed by atoms with Crippen molar-refractivity contribution in [3.05, 3.63) is 97.2 Å². The van der Waals surface area contributed by atoms with Crippen LogP contribution in [0.15, 0.2) is 81.9 Å². The second-order valence-electron chi connectivity index (χ2n) is 6.88. The molecule has 0 aromatic heterocycles. The lowest BCUT2D eigenvalue weighted by Gasteiger charge is -2.15. The zero-order valence-electron chi connectivity index (χ0n) is 17.2. The number of hydrogen-bond acceptors (Lipinski definition) is 5. The Bertz CT molecular complexity index is 1210. The van der Waals surface area contributed by atoms with Gasteiger partial charge in [0.15, 0.2) is 17.2 Å². The predicted molar refractivity (Wildman–Crippen MR) is 136 cm³/mol. The first kappa shape index (κ1) is 22.5. The van der Waals surface area contributed by atoms with Gasteiger partial charge in [-0.2, -0.15) is 0 Å². The van der Waals surface area contributed by atoms with Gasteiger partial charge in [0, 0.05) is 10.0 Å². The third-order valence-electron chi connectivity index (χ3n) is 4.55. The van der Waals surface area contributed by atoms with Gasteiger partial charge in [-0.15, -0.1) is 0 Å². The average Bonchev–Trinajstić information content (AvgIpc) is 3.14. The van der Waals surface area contributed by atoms with E-state index in [4.69, 9.17) is 14.2 Å². The standard InChI is InChI=1S/C25H19BrINO4/c1-2-30-22-14-17(12-20(27)23(22)31-15-16-7-6-10-19(26)11-16)13-21-25(29)32-24(28-21)18-8-4-3-5-9-18/h3-14H,2,15H2,1H3/b21-13-. The van der Waals surface area contributed by atoms with E-state index in [-0.39, 0.29) is 5.70 Å². The van der Waals surface area contributed by atoms with Crippen LogP contribution < -0.4 is 9.47 Å². The molecule has 5 nitrogen and oxygen atoms in total. The second kappa shape index (κ2) is 10.3. The molecule has 1 aliphatic rings. The third kappa shape index (κ3) is 5.39. The van der Waals surface area contributed by atoms with Crippen molar-refractivity contribution in [1.29, 1.82) is 0 Å². The summed E-state index contributed by atoms with van der Waals surface area (Å²) in [4.78, 5) is 16.7. The minimum absolute atomic E-state index is 0.241. The second-order valence-corrected chi connectivity index (χ2v) is 8.96. The van der Waals surface area contributed by atoms with Crippen molar-refractivity contribution in [2.45, 2.75) is 13.5 Å². The van der Waals surface area contributed by atoms with Crippen molar-refractivity contribution in [2.75, 3.05) is 6.61 Å². The number of halogens is 2. The molecule has 0 saturated carbocycles. The number of aliphatic imine (C=N–C) groups is 1. The molecule has 0 amide bonds. The monoisotopic (exact) mass is 603 g/mol. The highest BCUT2D eigenvalue weighted by molar-refractivity contribution is 14.1. The topological polar surface area (TPSA) is 57.1 Å². The Morgan fingerprint density at radius 1 is 1.06 bits per heavy atom. The molecule has 162 valence electrons. The number of ether oxygens (including phenoxy) is 3. The number of hydrogen-bond donors (Lipinski definition) is 0. The maximum atomic E-state index is 12.3. The molecule has 1 heterocycles. The first-order chi connectivity index (χ1) is 15.5. The van der Waals surface area contributed by atoms with E-state index in [1.54, 1.807) is 6.08 Å². The van der Waals surface area contributed by atoms with Gasteiger partial charge in [0.25, 0.3) is 0 Å². The lowest BCUT2D eigenvalue weighted by atomic mass is 10.1. The minimum Gasteiger partial charge on any atom is -0.490 e. The highest BCUT2D eigenvalue weighted by Crippen LogP contribution is 2.36. The van der Waals surface area contributed by atoms with Crippen LogP contribution in [0.1, 0.15) is 23.6 Å². The summed E-state index contributed by atoms with van der Waals surface area (Å²) in [5.74, 6) is 1.10. The molecule has 0 fully saturated rings. The highest BCUT2D eigenvalue weighted by atomic mass is 127. The molecule has 0 unspecified atom stereocenters. The van der Waals surface area contributed by atoms with E-state index >= 15 is 0 Å². The van der Waals surface area contributed by atoms with Crippen LogP contribution >= 0.6 is 38.5 Å². The van der Waals surface area contributed by atoms with Gasteiger partial charge in [-0.05, 0) is 83.1 Å². The third-order valence-corrected chi connectivity index (χ3v) is 5.84. The van der Waals surface area contributed by atoms with Crippen molar-refractivity contribution < 1.29 is 19.0 Å². The van der Waals surface area contributed by atoms with Gasteiger partial charge in [-0.25, -0.2) is 9.79 Å². The number of carbonyl (C=O) groups is 1. The summed E-state index contributed by atoms with van der Waals surface area (Å²) in [7, 11) is 0. The van der Waals surface area contributed by atoms with E-state index in [9.17, 15) is 4.79 Å². The van der Waals surface area contributed by atoms with E-state index in [0.29, 0.717) is 30.6 Å². The molecule has 0 bridgehead atoms. The van der Waals surface area contributed by atoms with Crippen molar-refractivity contribution in [1.82, 2.24) is 0 Å². The molecule has 0 spiro atoms. The number of nitrogens with zero attached hydrogens (tertiary/aromatic N) is 1. The molecule has 7 heteroatoms. The minimum atomic E-state index is -0.480. The van der Waals surface area contributed by atoms with E-state index < -0.39 is 5.97 Å². The first-order valence-electron chi connectivity index (χ1n) is 9.95. The summed E-state index contributed by atoms with van der Waals surface area (Å²) in [6, 6.07) is 21.1. The van der Waals surface area contributed by atoms with Gasteiger partial charge in [0.05, 0.1) is 10.2 Å². The smallest absolute Gasteiger partial charge is 0.363 e. The van der Waals surface area contributed by atoms with Gasteiger partial charge in [-0.1, -0.05) is 46.3 Å². The first-order valence-corrected chi connectivity index (χ1v) is 11.8. The van der Waals surface area contributed by atoms with Crippen molar-refractivity contribution in [2.24, 2.45) is 4.99 Å². The molecule has 1 aliphatic heterocycles. The van der Waals surface area contributed by atoms with E-state index in [1.807, 2.05) is 73.7 Å². The Kier molecular flexibility index (Phi) is 7.26. The summed E-state index contributed by atoms with van der Waals surface area (Å²) in [5.41, 5.74) is 2.81. The zero-order valence-corrected chi connectivity index (χ0v) is 20.9. The van der Waals surface area contributed by atoms with Crippen LogP contribution in [0, 0.1) is 3.57 Å². The summed E-state index contributed by atoms with van der Waals surface area (Å²) in [6.45, 7) is 2.82. The predicted octanol–water partition coefficient (Wildman–Crippen LogP) is 6.38. The van der Waals surface area contributed by atoms with Crippen LogP contribution in [0.4, 0.5) is 0 Å². The molecule has 4 rings (SSSR count). The highest BCUT2D eigenvalue weighted by Gasteiger charge is 2.24. The van der Waals surface area contributed by atoms with Crippen molar-refractivity contribution in [3.8, 4) is 11.5 Å². The average molecular weight is 604 g/mol. The largest absolute Gasteiger partial charge is 0.490 e. The number of cyclic esters (lactones) is 1. The van der Waals surface area contributed by atoms with Crippen molar-refractivity contribution in [3.63, 3.8) is 0 Å². The summed E-state index contributed by atoms with van der Waals surface area (Å²) >= 11 is 5.69. The van der Waals surface area contributed by atoms with E-state index in [2.05, 4.69) is 43.5 Å². The van der Waals surface area contributed by atoms with Crippen LogP contribution in [0.2, 0.25) is 0 Å². The number of esters is 1. The van der Waals surface area contributed by atoms with Crippen molar-refractivity contribution >= 4 is 56.5 Å². The Morgan fingerprint density at radius 2 is 1.88 bits per heavy atom. The summed E-state index contributed by atoms with van der Waals surface area (Å²) in [6.07, 6.45) is 1.70. The lowest BCUT2D eigenvalue weighted by Crippen LogP contribution is -2.05. The normalized spacial score (nSPS) is 14.3. The number of benzene rings is 3. The summed E-state index contributed by atoms with van der Waals surface area (Å²) < 4.78 is 19.1. The molecule has 3 aromatic rings. The van der Waals surface area contributed by atoms with Gasteiger partial charge >= 0.3 is 5.97 Å². The fourth-order valence-corrected chi connectivity index (χ4v) is 4.36. The quantitative estimate of drug-likeness (QED) is 0.179. The molecule has 0 aliphatic carbocycles. The van der Waals surface area contributed by atoms with Gasteiger partial charge in [-0.3, -0.25) is 0 Å². The van der Waals surface area contributed by atoms with E-state index in [0.717, 1.165) is 24.7 Å². The molecule has 32 heavy (non-hydrogen) atoms. The molecular weight excluding hydrogens is 585 g/mol. The maximum Gasteiger partial charge on any atom is 0.363 e. The molecule has 0 N–H and O–H groups in total. The molecule has 0 radical (unpaired) electrons. The van der Waals surface area contributed by atoms with Gasteiger partial charge in [0.2, 0.25) is 5.90 Å². The number of rotatable bonds is 7. The molecule has 3 aromatic carbocycles. The molecular formula is C25H19BrINO4. The van der Waals surface area contributed by atoms with Crippen LogP contribution in [-0.4, -0.2) is 18.5 Å². The SMILES string of the molecule is CCOc1cc(/C=C2\N=C(c3ccccc3)OC2=O)cc(I)c1OCc1cccc(Br)c1. The fourth-order valence-electron chi connectivity index (χ4n) is 3.13. The molecule has 0 saturated heterocycles. The number of carbonyl (C=O) groups excluding carboxylic acids is 1. The zero-order chi connectivity index (χ0) is 22.5. The Labute approximate surface area is 208 Å². The van der Waals surface area contributed by atoms with Gasteiger partial charge in [0.1, 0.15) is 6.61 Å². The Hall–Kier alpha value is -2.65. The van der Waals surface area contributed by atoms with Crippen LogP contribution in [0.3, 0.4) is 0 Å². The van der Waals surface area contributed by atoms with E-state index in [1.165, 1.54) is 0 Å².